The van der Waals surface area contributed by atoms with Crippen LogP contribution < -0.4 is 0 Å². The fourth-order valence-electron chi connectivity index (χ4n) is 11.3. The topological polar surface area (TPSA) is 223 Å². The number of amidine groups is 1. The molecular weight excluding hydrogens is 831 g/mol. The van der Waals surface area contributed by atoms with E-state index < -0.39 is 89.8 Å². The van der Waals surface area contributed by atoms with Crippen molar-refractivity contribution < 1.29 is 54.1 Å². The van der Waals surface area contributed by atoms with Crippen molar-refractivity contribution in [1.29, 1.82) is 10.7 Å². The van der Waals surface area contributed by atoms with E-state index in [-0.39, 0.29) is 43.4 Å². The molecule has 14 heteroatoms. The van der Waals surface area contributed by atoms with Crippen molar-refractivity contribution in [3.8, 4) is 6.07 Å². The summed E-state index contributed by atoms with van der Waals surface area (Å²) in [6.45, 7) is 14.3. The molecule has 0 radical (unpaired) electrons. The van der Waals surface area contributed by atoms with Gasteiger partial charge in [0.25, 0.3) is 0 Å². The Morgan fingerprint density at radius 1 is 1.11 bits per heavy atom. The van der Waals surface area contributed by atoms with Crippen LogP contribution in [0.5, 0.6) is 0 Å². The van der Waals surface area contributed by atoms with Crippen LogP contribution in [0.1, 0.15) is 100 Å². The number of likely N-dealkylation sites (N-methyl/N-ethyl adjacent to an activating group) is 1. The maximum absolute atomic E-state index is 14.4. The third kappa shape index (κ3) is 9.88. The van der Waals surface area contributed by atoms with Crippen molar-refractivity contribution in [3.63, 3.8) is 0 Å². The van der Waals surface area contributed by atoms with E-state index in [2.05, 4.69) is 51.1 Å². The van der Waals surface area contributed by atoms with Crippen LogP contribution in [0.25, 0.3) is 0 Å². The molecule has 0 saturated heterocycles. The zero-order chi connectivity index (χ0) is 47.9. The molecule has 0 aromatic heterocycles. The van der Waals surface area contributed by atoms with E-state index in [1.165, 1.54) is 12.7 Å². The Hall–Kier alpha value is -4.36. The van der Waals surface area contributed by atoms with Gasteiger partial charge >= 0.3 is 5.97 Å². The first kappa shape index (κ1) is 50.1. The second-order valence-corrected chi connectivity index (χ2v) is 20.2. The highest BCUT2D eigenvalue weighted by Crippen LogP contribution is 2.64. The molecule has 6 aliphatic rings. The van der Waals surface area contributed by atoms with Crippen LogP contribution >= 0.6 is 0 Å². The molecule has 65 heavy (non-hydrogen) atoms. The Morgan fingerprint density at radius 2 is 1.80 bits per heavy atom. The first-order chi connectivity index (χ1) is 30.6. The van der Waals surface area contributed by atoms with Gasteiger partial charge in [-0.25, -0.2) is 4.79 Å². The lowest BCUT2D eigenvalue weighted by molar-refractivity contribution is -0.136. The average molecular weight is 902 g/mol. The molecule has 0 aromatic rings. The molecule has 2 saturated carbocycles. The quantitative estimate of drug-likeness (QED) is 0.0606. The molecule has 0 aromatic carbocycles. The van der Waals surface area contributed by atoms with E-state index in [0.29, 0.717) is 47.6 Å². The smallest absolute Gasteiger partial charge is 0.333 e. The number of hydrogen-bond donors (Lipinski definition) is 6. The number of nitrogens with one attached hydrogen (secondary N) is 1. The lowest BCUT2D eigenvalue weighted by Gasteiger charge is -2.49. The second kappa shape index (κ2) is 19.9. The Kier molecular flexibility index (Phi) is 15.3. The van der Waals surface area contributed by atoms with Crippen LogP contribution in [-0.4, -0.2) is 117 Å². The van der Waals surface area contributed by atoms with E-state index >= 15 is 0 Å². The maximum atomic E-state index is 14.4. The van der Waals surface area contributed by atoms with Crippen LogP contribution in [0.4, 0.5) is 0 Å². The summed E-state index contributed by atoms with van der Waals surface area (Å²) in [6, 6.07) is 2.45. The minimum atomic E-state index is -1.45. The fraction of sp³-hybridized carbons (Fsp3) is 0.647. The molecule has 14 nitrogen and oxygen atoms in total. The molecule has 0 bridgehead atoms. The van der Waals surface area contributed by atoms with Crippen LogP contribution in [-0.2, 0) is 28.5 Å². The molecule has 13 unspecified atom stereocenters. The number of fused-ring (bicyclic) bond motifs is 6. The van der Waals surface area contributed by atoms with E-state index in [1.54, 1.807) is 38.8 Å². The highest BCUT2D eigenvalue weighted by atomic mass is 16.5. The summed E-state index contributed by atoms with van der Waals surface area (Å²) in [5.74, 6) is -3.85. The summed E-state index contributed by atoms with van der Waals surface area (Å²) in [5.41, 5.74) is 3.32. The van der Waals surface area contributed by atoms with Gasteiger partial charge in [0.2, 0.25) is 0 Å². The number of carbonyl (C=O) groups is 2. The molecule has 0 spiro atoms. The Balaban J connectivity index is 1.62. The molecule has 13 atom stereocenters. The van der Waals surface area contributed by atoms with Crippen LogP contribution in [0.15, 0.2) is 81.0 Å². The van der Waals surface area contributed by atoms with Gasteiger partial charge in [0.1, 0.15) is 47.9 Å². The molecule has 3 heterocycles. The minimum absolute atomic E-state index is 0.0521. The minimum Gasteiger partial charge on any atom is -0.494 e. The number of Topliss-reactive ketones (excluding diaryl/α,β-unsaturated/α-hetero) is 1. The van der Waals surface area contributed by atoms with E-state index in [4.69, 9.17) is 18.9 Å². The Bertz CT molecular complexity index is 2140. The van der Waals surface area contributed by atoms with Gasteiger partial charge in [-0.1, -0.05) is 41.5 Å². The SMILES string of the molecule is COC(=O)C(C)=CCC1C(=O)CCC2C3C4=C(C5=C(OCC(O)CC(O)C(O)CO)C6C=CC(C)(CCC=C(C)C)OC6C(CC=C(C)C)=C5OC4C2C1C(C)(C)O)N(C)C(=N)C3C#N. The number of esters is 1. The summed E-state index contributed by atoms with van der Waals surface area (Å²) in [6.07, 6.45) is 7.01. The number of nitriles is 1. The summed E-state index contributed by atoms with van der Waals surface area (Å²) >= 11 is 0. The largest absolute Gasteiger partial charge is 0.494 e. The van der Waals surface area contributed by atoms with Gasteiger partial charge in [-0.05, 0) is 93.4 Å². The molecular formula is C51H71N3O11. The summed E-state index contributed by atoms with van der Waals surface area (Å²) < 4.78 is 26.4. The molecule has 2 fully saturated rings. The van der Waals surface area contributed by atoms with Gasteiger partial charge in [-0.3, -0.25) is 10.2 Å². The molecule has 3 aliphatic heterocycles. The first-order valence-corrected chi connectivity index (χ1v) is 23.1. The average Bonchev–Trinajstić information content (AvgIpc) is 3.45. The second-order valence-electron chi connectivity index (χ2n) is 20.2. The van der Waals surface area contributed by atoms with E-state index in [1.807, 2.05) is 13.8 Å². The highest BCUT2D eigenvalue weighted by Gasteiger charge is 2.65. The number of aliphatic hydroxyl groups is 5. The van der Waals surface area contributed by atoms with Crippen molar-refractivity contribution in [2.24, 2.45) is 41.4 Å². The summed E-state index contributed by atoms with van der Waals surface area (Å²) in [5, 5.41) is 74.2. The third-order valence-corrected chi connectivity index (χ3v) is 14.5. The number of nitrogens with zero attached hydrogens (tertiary/aromatic N) is 2. The van der Waals surface area contributed by atoms with Crippen molar-refractivity contribution in [3.05, 3.63) is 81.0 Å². The first-order valence-electron chi connectivity index (χ1n) is 23.1. The zero-order valence-corrected chi connectivity index (χ0v) is 39.8. The highest BCUT2D eigenvalue weighted by molar-refractivity contribution is 5.90. The molecule has 6 N–H and O–H groups in total. The van der Waals surface area contributed by atoms with Crippen molar-refractivity contribution >= 4 is 17.6 Å². The maximum Gasteiger partial charge on any atom is 0.333 e. The zero-order valence-electron chi connectivity index (χ0n) is 39.8. The number of methoxy groups -OCH3 is 1. The Morgan fingerprint density at radius 3 is 2.42 bits per heavy atom. The lowest BCUT2D eigenvalue weighted by Crippen LogP contribution is -2.50. The summed E-state index contributed by atoms with van der Waals surface area (Å²) in [7, 11) is 3.07. The number of carbonyl (C=O) groups excluding carboxylic acids is 2. The molecule has 356 valence electrons. The van der Waals surface area contributed by atoms with Gasteiger partial charge in [-0.2, -0.15) is 5.26 Å². The predicted octanol–water partition coefficient (Wildman–Crippen LogP) is 5.88. The van der Waals surface area contributed by atoms with Gasteiger partial charge in [0, 0.05) is 60.3 Å². The van der Waals surface area contributed by atoms with E-state index in [0.717, 1.165) is 23.1 Å². The van der Waals surface area contributed by atoms with Crippen molar-refractivity contribution in [2.75, 3.05) is 27.4 Å². The number of allylic oxidation sites excluding steroid dienone is 5. The lowest BCUT2D eigenvalue weighted by atomic mass is 9.66. The van der Waals surface area contributed by atoms with Gasteiger partial charge in [-0.15, -0.1) is 0 Å². The van der Waals surface area contributed by atoms with Crippen molar-refractivity contribution in [2.45, 2.75) is 142 Å². The number of ketones is 1. The number of ether oxygens (including phenoxy) is 4. The van der Waals surface area contributed by atoms with Gasteiger partial charge in [0.05, 0.1) is 66.5 Å². The Labute approximate surface area is 384 Å². The van der Waals surface area contributed by atoms with Crippen LogP contribution in [0, 0.1) is 58.2 Å². The fourth-order valence-corrected chi connectivity index (χ4v) is 11.3. The van der Waals surface area contributed by atoms with Crippen LogP contribution in [0.2, 0.25) is 0 Å². The molecule has 6 rings (SSSR count). The number of rotatable bonds is 16. The number of aliphatic hydroxyl groups excluding tert-OH is 4. The predicted molar refractivity (Wildman–Crippen MR) is 243 cm³/mol. The van der Waals surface area contributed by atoms with Gasteiger partial charge < -0.3 is 49.4 Å². The monoisotopic (exact) mass is 902 g/mol. The standard InChI is InChI=1S/C51H71N3O11/c1-26(2)12-11-20-51(8)21-19-33-44(65-51)32(15-13-27(3)4)46-41(45(33)63-25-29(56)22-36(58)37(59)24-55)43-40-38(34(23-52)48(53)54(43)9)31-17-18-35(57)30(16-14-28(5)49(60)62-10)42(50(6,7)61)39(31)47(40)64-46/h12-14,19,21,29-31,33-34,36-39,42,44,47,53,55-56,58-59,61H,11,15-18,20,22,24-25H2,1-10H3. The van der Waals surface area contributed by atoms with E-state index in [9.17, 15) is 45.8 Å². The normalized spacial score (nSPS) is 32.2. The third-order valence-electron chi connectivity index (χ3n) is 14.5. The summed E-state index contributed by atoms with van der Waals surface area (Å²) in [4.78, 5) is 28.6. The molecule has 3 aliphatic carbocycles. The van der Waals surface area contributed by atoms with Crippen LogP contribution in [0.3, 0.4) is 0 Å². The number of hydrogen-bond acceptors (Lipinski definition) is 13. The van der Waals surface area contributed by atoms with Gasteiger partial charge in [0.15, 0.2) is 0 Å². The van der Waals surface area contributed by atoms with Crippen molar-refractivity contribution in [1.82, 2.24) is 4.90 Å². The molecule has 0 amide bonds.